The Hall–Kier alpha value is -1.26. The first-order valence-corrected chi connectivity index (χ1v) is 6.70. The highest BCUT2D eigenvalue weighted by molar-refractivity contribution is 14.0. The maximum Gasteiger partial charge on any atom is 0.390 e. The number of anilines is 1. The second-order valence-corrected chi connectivity index (χ2v) is 4.90. The Morgan fingerprint density at radius 2 is 1.87 bits per heavy atom. The zero-order valence-corrected chi connectivity index (χ0v) is 15.5. The van der Waals surface area contributed by atoms with E-state index in [-0.39, 0.29) is 48.8 Å². The molecule has 0 atom stereocenters. The van der Waals surface area contributed by atoms with Gasteiger partial charge in [0.15, 0.2) is 5.96 Å². The molecule has 2 N–H and O–H groups in total. The van der Waals surface area contributed by atoms with Crippen LogP contribution in [0, 0.1) is 5.82 Å². The van der Waals surface area contributed by atoms with Gasteiger partial charge in [-0.2, -0.15) is 13.2 Å². The molecule has 0 fully saturated rings. The summed E-state index contributed by atoms with van der Waals surface area (Å²) in [5.41, 5.74) is 1.14. The Bertz CT molecular complexity index is 518. The van der Waals surface area contributed by atoms with Gasteiger partial charge in [-0.3, -0.25) is 4.99 Å². The quantitative estimate of drug-likeness (QED) is 0.315. The normalized spacial score (nSPS) is 11.7. The number of halogens is 5. The van der Waals surface area contributed by atoms with E-state index in [9.17, 15) is 17.6 Å². The van der Waals surface area contributed by atoms with Crippen LogP contribution in [0.2, 0.25) is 0 Å². The Morgan fingerprint density at radius 1 is 1.22 bits per heavy atom. The van der Waals surface area contributed by atoms with Gasteiger partial charge in [0, 0.05) is 34.2 Å². The number of guanidine groups is 1. The smallest absolute Gasteiger partial charge is 0.375 e. The molecular weight excluding hydrogens is 427 g/mol. The lowest BCUT2D eigenvalue weighted by Gasteiger charge is -2.15. The number of nitrogens with zero attached hydrogens (tertiary/aromatic N) is 2. The van der Waals surface area contributed by atoms with Crippen LogP contribution in [-0.4, -0.2) is 39.8 Å². The molecule has 1 aromatic carbocycles. The lowest BCUT2D eigenvalue weighted by Crippen LogP contribution is -2.38. The van der Waals surface area contributed by atoms with Gasteiger partial charge in [0.25, 0.3) is 0 Å². The number of benzene rings is 1. The van der Waals surface area contributed by atoms with Gasteiger partial charge in [0.05, 0.1) is 12.1 Å². The Balaban J connectivity index is 0.00000484. The zero-order chi connectivity index (χ0) is 16.8. The van der Waals surface area contributed by atoms with Crippen LogP contribution in [0.1, 0.15) is 12.0 Å². The molecule has 1 aromatic rings. The van der Waals surface area contributed by atoms with Crippen molar-refractivity contribution in [1.29, 1.82) is 0 Å². The third-order valence-electron chi connectivity index (χ3n) is 2.88. The molecule has 23 heavy (non-hydrogen) atoms. The van der Waals surface area contributed by atoms with E-state index >= 15 is 0 Å². The van der Waals surface area contributed by atoms with E-state index < -0.39 is 12.6 Å². The number of rotatable bonds is 5. The molecule has 0 bridgehead atoms. The largest absolute Gasteiger partial charge is 0.390 e. The van der Waals surface area contributed by atoms with Crippen molar-refractivity contribution in [3.05, 3.63) is 29.6 Å². The van der Waals surface area contributed by atoms with E-state index in [2.05, 4.69) is 15.6 Å². The maximum absolute atomic E-state index is 13.8. The summed E-state index contributed by atoms with van der Waals surface area (Å²) in [6, 6.07) is 4.77. The predicted molar refractivity (Wildman–Crippen MR) is 95.0 cm³/mol. The number of hydrogen-bond donors (Lipinski definition) is 2. The molecule has 9 heteroatoms. The van der Waals surface area contributed by atoms with Crippen molar-refractivity contribution < 1.29 is 17.6 Å². The predicted octanol–water partition coefficient (Wildman–Crippen LogP) is 3.13. The van der Waals surface area contributed by atoms with E-state index in [0.29, 0.717) is 11.3 Å². The molecular formula is C14H21F4IN4. The van der Waals surface area contributed by atoms with Crippen molar-refractivity contribution >= 4 is 35.6 Å². The lowest BCUT2D eigenvalue weighted by molar-refractivity contribution is -0.132. The van der Waals surface area contributed by atoms with Crippen molar-refractivity contribution in [2.75, 3.05) is 32.6 Å². The summed E-state index contributed by atoms with van der Waals surface area (Å²) in [6.07, 6.45) is -5.16. The SMILES string of the molecule is CN=C(NCCC(F)(F)F)NCc1ccc(N(C)C)c(F)c1.I. The van der Waals surface area contributed by atoms with Gasteiger partial charge >= 0.3 is 6.18 Å². The van der Waals surface area contributed by atoms with Crippen LogP contribution in [0.4, 0.5) is 23.2 Å². The van der Waals surface area contributed by atoms with Crippen LogP contribution in [-0.2, 0) is 6.54 Å². The zero-order valence-electron chi connectivity index (χ0n) is 13.2. The van der Waals surface area contributed by atoms with Gasteiger partial charge in [0.1, 0.15) is 5.82 Å². The third kappa shape index (κ3) is 8.24. The highest BCUT2D eigenvalue weighted by Crippen LogP contribution is 2.19. The van der Waals surface area contributed by atoms with Gasteiger partial charge in [-0.15, -0.1) is 24.0 Å². The summed E-state index contributed by atoms with van der Waals surface area (Å²) in [6.45, 7) is -0.00653. The minimum atomic E-state index is -4.21. The fraction of sp³-hybridized carbons (Fsp3) is 0.500. The summed E-state index contributed by atoms with van der Waals surface area (Å²) in [7, 11) is 4.93. The second kappa shape index (κ2) is 9.78. The van der Waals surface area contributed by atoms with Crippen LogP contribution >= 0.6 is 24.0 Å². The molecule has 0 unspecified atom stereocenters. The summed E-state index contributed by atoms with van der Waals surface area (Å²) in [4.78, 5) is 5.47. The summed E-state index contributed by atoms with van der Waals surface area (Å²) >= 11 is 0. The minimum absolute atomic E-state index is 0. The molecule has 0 spiro atoms. The number of nitrogens with one attached hydrogen (secondary N) is 2. The molecule has 0 aliphatic heterocycles. The number of aliphatic imine (C=N–C) groups is 1. The van der Waals surface area contributed by atoms with E-state index in [1.165, 1.54) is 13.1 Å². The molecule has 0 heterocycles. The fourth-order valence-electron chi connectivity index (χ4n) is 1.75. The second-order valence-electron chi connectivity index (χ2n) is 4.90. The average Bonchev–Trinajstić information content (AvgIpc) is 2.41. The van der Waals surface area contributed by atoms with Crippen molar-refractivity contribution in [2.24, 2.45) is 4.99 Å². The third-order valence-corrected chi connectivity index (χ3v) is 2.88. The van der Waals surface area contributed by atoms with Crippen molar-refractivity contribution in [1.82, 2.24) is 10.6 Å². The summed E-state index contributed by atoms with van der Waals surface area (Å²) < 4.78 is 50.0. The minimum Gasteiger partial charge on any atom is -0.375 e. The van der Waals surface area contributed by atoms with Crippen LogP contribution < -0.4 is 15.5 Å². The van der Waals surface area contributed by atoms with Crippen molar-refractivity contribution in [3.8, 4) is 0 Å². The molecule has 0 aliphatic carbocycles. The van der Waals surface area contributed by atoms with E-state index in [1.807, 2.05) is 0 Å². The lowest BCUT2D eigenvalue weighted by atomic mass is 10.2. The van der Waals surface area contributed by atoms with E-state index in [1.54, 1.807) is 31.1 Å². The number of hydrogen-bond acceptors (Lipinski definition) is 2. The Morgan fingerprint density at radius 3 is 2.35 bits per heavy atom. The molecule has 0 saturated carbocycles. The van der Waals surface area contributed by atoms with Crippen LogP contribution in [0.5, 0.6) is 0 Å². The van der Waals surface area contributed by atoms with Gasteiger partial charge in [-0.05, 0) is 17.7 Å². The molecule has 1 rings (SSSR count). The molecule has 0 radical (unpaired) electrons. The highest BCUT2D eigenvalue weighted by atomic mass is 127. The van der Waals surface area contributed by atoms with Crippen LogP contribution in [0.25, 0.3) is 0 Å². The summed E-state index contributed by atoms with van der Waals surface area (Å²) in [5.74, 6) is -0.120. The van der Waals surface area contributed by atoms with Crippen LogP contribution in [0.3, 0.4) is 0 Å². The molecule has 0 amide bonds. The standard InChI is InChI=1S/C14H20F4N4.HI/c1-19-13(20-7-6-14(16,17)18)21-9-10-4-5-12(22(2)3)11(15)8-10;/h4-5,8H,6-7,9H2,1-3H3,(H2,19,20,21);1H. The first-order valence-electron chi connectivity index (χ1n) is 6.70. The topological polar surface area (TPSA) is 39.7 Å². The first-order chi connectivity index (χ1) is 10.2. The molecule has 0 saturated heterocycles. The Kier molecular flexibility index (Phi) is 9.25. The molecule has 4 nitrogen and oxygen atoms in total. The monoisotopic (exact) mass is 448 g/mol. The van der Waals surface area contributed by atoms with E-state index in [4.69, 9.17) is 0 Å². The molecule has 0 aromatic heterocycles. The Labute approximate surface area is 150 Å². The molecule has 0 aliphatic rings. The van der Waals surface area contributed by atoms with Gasteiger partial charge < -0.3 is 15.5 Å². The average molecular weight is 448 g/mol. The molecule has 132 valence electrons. The number of alkyl halides is 3. The van der Waals surface area contributed by atoms with E-state index in [0.717, 1.165) is 0 Å². The van der Waals surface area contributed by atoms with Gasteiger partial charge in [-0.1, -0.05) is 6.07 Å². The summed E-state index contributed by atoms with van der Waals surface area (Å²) in [5, 5.41) is 5.40. The van der Waals surface area contributed by atoms with Crippen molar-refractivity contribution in [2.45, 2.75) is 19.1 Å². The first kappa shape index (κ1) is 21.7. The van der Waals surface area contributed by atoms with Gasteiger partial charge in [0.2, 0.25) is 0 Å². The van der Waals surface area contributed by atoms with Crippen molar-refractivity contribution in [3.63, 3.8) is 0 Å². The fourth-order valence-corrected chi connectivity index (χ4v) is 1.75. The van der Waals surface area contributed by atoms with Gasteiger partial charge in [-0.25, -0.2) is 4.39 Å². The highest BCUT2D eigenvalue weighted by Gasteiger charge is 2.26. The van der Waals surface area contributed by atoms with Crippen LogP contribution in [0.15, 0.2) is 23.2 Å². The maximum atomic E-state index is 13.8.